The van der Waals surface area contributed by atoms with E-state index in [0.717, 1.165) is 11.8 Å². The Morgan fingerprint density at radius 1 is 1.26 bits per heavy atom. The van der Waals surface area contributed by atoms with Gasteiger partial charge < -0.3 is 4.98 Å². The molecule has 0 aliphatic heterocycles. The number of hydrogen-bond donors (Lipinski definition) is 1. The van der Waals surface area contributed by atoms with Crippen LogP contribution in [0.25, 0.3) is 21.9 Å². The number of hydrogen-bond acceptors (Lipinski definition) is 3. The van der Waals surface area contributed by atoms with Crippen LogP contribution >= 0.6 is 0 Å². The minimum Gasteiger partial charge on any atom is -0.341 e. The zero-order valence-electron chi connectivity index (χ0n) is 12.3. The normalized spacial score (nSPS) is 20.7. The Morgan fingerprint density at radius 2 is 2.13 bits per heavy atom. The predicted molar refractivity (Wildman–Crippen MR) is 82.3 cm³/mol. The second-order valence-corrected chi connectivity index (χ2v) is 6.04. The lowest BCUT2D eigenvalue weighted by Crippen LogP contribution is -2.30. The summed E-state index contributed by atoms with van der Waals surface area (Å²) in [5.41, 5.74) is 2.44. The first kappa shape index (κ1) is 14.1. The minimum atomic E-state index is -2.73. The molecule has 1 unspecified atom stereocenters. The first-order chi connectivity index (χ1) is 11.1. The third-order valence-electron chi connectivity index (χ3n) is 4.56. The Balaban J connectivity index is 1.90. The SMILES string of the molecule is N#Cc1ccc2ncc3nc(C4CCCCC4(F)F)[nH]c3c2c1. The van der Waals surface area contributed by atoms with Crippen molar-refractivity contribution in [2.75, 3.05) is 0 Å². The molecule has 4 rings (SSSR count). The van der Waals surface area contributed by atoms with Gasteiger partial charge in [0.05, 0.1) is 34.8 Å². The van der Waals surface area contributed by atoms with Gasteiger partial charge in [0.1, 0.15) is 11.3 Å². The van der Waals surface area contributed by atoms with Gasteiger partial charge in [-0.3, -0.25) is 4.98 Å². The highest BCUT2D eigenvalue weighted by atomic mass is 19.3. The zero-order chi connectivity index (χ0) is 16.0. The predicted octanol–water partition coefficient (Wildman–Crippen LogP) is 4.28. The average molecular weight is 312 g/mol. The summed E-state index contributed by atoms with van der Waals surface area (Å²) < 4.78 is 28.4. The number of imidazole rings is 1. The lowest BCUT2D eigenvalue weighted by Gasteiger charge is -2.29. The van der Waals surface area contributed by atoms with Gasteiger partial charge >= 0.3 is 0 Å². The maximum Gasteiger partial charge on any atom is 0.257 e. The largest absolute Gasteiger partial charge is 0.341 e. The molecule has 0 amide bonds. The first-order valence-corrected chi connectivity index (χ1v) is 7.65. The molecule has 23 heavy (non-hydrogen) atoms. The smallest absolute Gasteiger partial charge is 0.257 e. The molecule has 116 valence electrons. The number of H-pyrrole nitrogens is 1. The van der Waals surface area contributed by atoms with Crippen molar-refractivity contribution < 1.29 is 8.78 Å². The van der Waals surface area contributed by atoms with Crippen LogP contribution in [0.3, 0.4) is 0 Å². The van der Waals surface area contributed by atoms with Crippen LogP contribution in [0.15, 0.2) is 24.4 Å². The molecule has 0 radical (unpaired) electrons. The van der Waals surface area contributed by atoms with E-state index in [1.165, 1.54) is 0 Å². The highest BCUT2D eigenvalue weighted by Crippen LogP contribution is 2.44. The van der Waals surface area contributed by atoms with Crippen LogP contribution in [-0.2, 0) is 0 Å². The van der Waals surface area contributed by atoms with E-state index in [9.17, 15) is 8.78 Å². The van der Waals surface area contributed by atoms with E-state index in [1.807, 2.05) is 0 Å². The Labute approximate surface area is 131 Å². The van der Waals surface area contributed by atoms with Crippen molar-refractivity contribution in [3.8, 4) is 6.07 Å². The summed E-state index contributed by atoms with van der Waals surface area (Å²) in [5, 5.41) is 9.79. The molecule has 1 saturated carbocycles. The second kappa shape index (κ2) is 4.98. The number of aromatic amines is 1. The molecule has 2 aromatic heterocycles. The summed E-state index contributed by atoms with van der Waals surface area (Å²) in [7, 11) is 0. The summed E-state index contributed by atoms with van der Waals surface area (Å²) in [4.78, 5) is 11.7. The maximum absolute atomic E-state index is 14.2. The molecule has 0 bridgehead atoms. The first-order valence-electron chi connectivity index (χ1n) is 7.65. The Kier molecular flexibility index (Phi) is 3.05. The van der Waals surface area contributed by atoms with Crippen molar-refractivity contribution in [2.24, 2.45) is 0 Å². The number of benzene rings is 1. The number of nitriles is 1. The number of fused-ring (bicyclic) bond motifs is 3. The van der Waals surface area contributed by atoms with Gasteiger partial charge in [0.2, 0.25) is 0 Å². The summed E-state index contributed by atoms with van der Waals surface area (Å²) in [6.45, 7) is 0. The zero-order valence-corrected chi connectivity index (χ0v) is 12.3. The van der Waals surface area contributed by atoms with Gasteiger partial charge in [0.25, 0.3) is 5.92 Å². The van der Waals surface area contributed by atoms with Crippen molar-refractivity contribution in [1.29, 1.82) is 5.26 Å². The monoisotopic (exact) mass is 312 g/mol. The number of rotatable bonds is 1. The van der Waals surface area contributed by atoms with E-state index in [4.69, 9.17) is 5.26 Å². The van der Waals surface area contributed by atoms with Crippen molar-refractivity contribution in [1.82, 2.24) is 15.0 Å². The van der Waals surface area contributed by atoms with E-state index >= 15 is 0 Å². The molecule has 1 aliphatic rings. The molecule has 0 spiro atoms. The van der Waals surface area contributed by atoms with E-state index in [0.29, 0.717) is 40.8 Å². The highest BCUT2D eigenvalue weighted by Gasteiger charge is 2.44. The van der Waals surface area contributed by atoms with Crippen LogP contribution < -0.4 is 0 Å². The van der Waals surface area contributed by atoms with E-state index in [-0.39, 0.29) is 6.42 Å². The Morgan fingerprint density at radius 3 is 2.91 bits per heavy atom. The quantitative estimate of drug-likeness (QED) is 0.729. The fourth-order valence-corrected chi connectivity index (χ4v) is 3.35. The fraction of sp³-hybridized carbons (Fsp3) is 0.353. The van der Waals surface area contributed by atoms with Crippen LogP contribution in [0, 0.1) is 11.3 Å². The summed E-state index contributed by atoms with van der Waals surface area (Å²) >= 11 is 0. The highest BCUT2D eigenvalue weighted by molar-refractivity contribution is 6.02. The number of aromatic nitrogens is 3. The van der Waals surface area contributed by atoms with Gasteiger partial charge in [-0.15, -0.1) is 0 Å². The van der Waals surface area contributed by atoms with Gasteiger partial charge in [-0.05, 0) is 31.0 Å². The molecule has 6 heteroatoms. The summed E-state index contributed by atoms with van der Waals surface area (Å²) in [5.74, 6) is -3.29. The van der Waals surface area contributed by atoms with Crippen LogP contribution in [0.4, 0.5) is 8.78 Å². The van der Waals surface area contributed by atoms with Crippen molar-refractivity contribution in [3.63, 3.8) is 0 Å². The minimum absolute atomic E-state index is 0.0910. The molecule has 0 saturated heterocycles. The summed E-state index contributed by atoms with van der Waals surface area (Å²) in [6.07, 6.45) is 3.27. The molecule has 1 N–H and O–H groups in total. The standard InChI is InChI=1S/C17H14F2N4/c18-17(19)6-2-1-3-12(17)16-22-14-9-21-13-5-4-10(8-20)7-11(13)15(14)23-16/h4-5,7,9,12H,1-3,6H2,(H,22,23). The Bertz CT molecular complexity index is 939. The molecule has 2 heterocycles. The number of nitrogens with zero attached hydrogens (tertiary/aromatic N) is 3. The van der Waals surface area contributed by atoms with Crippen LogP contribution in [0.1, 0.15) is 43.0 Å². The molecule has 4 nitrogen and oxygen atoms in total. The Hall–Kier alpha value is -2.55. The third kappa shape index (κ3) is 2.24. The van der Waals surface area contributed by atoms with Gasteiger partial charge in [0, 0.05) is 11.8 Å². The van der Waals surface area contributed by atoms with Gasteiger partial charge in [-0.1, -0.05) is 6.42 Å². The molecular formula is C17H14F2N4. The van der Waals surface area contributed by atoms with E-state index < -0.39 is 11.8 Å². The lowest BCUT2D eigenvalue weighted by molar-refractivity contribution is -0.0568. The second-order valence-electron chi connectivity index (χ2n) is 6.04. The molecular weight excluding hydrogens is 298 g/mol. The number of pyridine rings is 1. The molecule has 1 aromatic carbocycles. The van der Waals surface area contributed by atoms with E-state index in [1.54, 1.807) is 24.4 Å². The molecule has 1 aliphatic carbocycles. The third-order valence-corrected chi connectivity index (χ3v) is 4.56. The van der Waals surface area contributed by atoms with Gasteiger partial charge in [0.15, 0.2) is 0 Å². The number of alkyl halides is 2. The number of halogens is 2. The maximum atomic E-state index is 14.2. The van der Waals surface area contributed by atoms with E-state index in [2.05, 4.69) is 21.0 Å². The van der Waals surface area contributed by atoms with Crippen LogP contribution in [-0.4, -0.2) is 20.9 Å². The molecule has 1 atom stereocenters. The summed E-state index contributed by atoms with van der Waals surface area (Å²) in [6, 6.07) is 7.24. The topological polar surface area (TPSA) is 65.4 Å². The van der Waals surface area contributed by atoms with Crippen LogP contribution in [0.2, 0.25) is 0 Å². The van der Waals surface area contributed by atoms with Gasteiger partial charge in [-0.2, -0.15) is 5.26 Å². The van der Waals surface area contributed by atoms with Crippen LogP contribution in [0.5, 0.6) is 0 Å². The van der Waals surface area contributed by atoms with Gasteiger partial charge in [-0.25, -0.2) is 13.8 Å². The molecule has 1 fully saturated rings. The molecule has 3 aromatic rings. The van der Waals surface area contributed by atoms with Crippen molar-refractivity contribution in [3.05, 3.63) is 35.8 Å². The van der Waals surface area contributed by atoms with Crippen molar-refractivity contribution in [2.45, 2.75) is 37.5 Å². The average Bonchev–Trinajstić information content (AvgIpc) is 2.98. The van der Waals surface area contributed by atoms with Crippen molar-refractivity contribution >= 4 is 21.9 Å². The lowest BCUT2D eigenvalue weighted by atomic mass is 9.85. The fourth-order valence-electron chi connectivity index (χ4n) is 3.35. The number of nitrogens with one attached hydrogen (secondary N) is 1.